The van der Waals surface area contributed by atoms with Crippen LogP contribution in [0.1, 0.15) is 74.3 Å². The number of nitrogens with zero attached hydrogens (tertiary/aromatic N) is 6. The number of hydrogen-bond acceptors (Lipinski definition) is 6. The minimum Gasteiger partial charge on any atom is -0.346 e. The molecule has 2 aromatic rings. The van der Waals surface area contributed by atoms with Crippen molar-refractivity contribution in [3.05, 3.63) is 17.5 Å². The van der Waals surface area contributed by atoms with Crippen LogP contribution in [0.15, 0.2) is 0 Å². The highest BCUT2D eigenvalue weighted by Crippen LogP contribution is 2.40. The molecule has 2 fully saturated rings. The van der Waals surface area contributed by atoms with Gasteiger partial charge in [0.1, 0.15) is 17.5 Å². The number of hydrogen-bond donors (Lipinski definition) is 0. The first-order valence-electron chi connectivity index (χ1n) is 9.39. The van der Waals surface area contributed by atoms with Crippen molar-refractivity contribution in [2.75, 3.05) is 18.0 Å². The number of piperidine rings is 1. The lowest BCUT2D eigenvalue weighted by atomic mass is 9.97. The monoisotopic (exact) mass is 344 g/mol. The number of anilines is 1. The van der Waals surface area contributed by atoms with Crippen LogP contribution in [0.25, 0.3) is 0 Å². The minimum absolute atomic E-state index is 0.478. The van der Waals surface area contributed by atoms with Gasteiger partial charge in [-0.1, -0.05) is 6.42 Å². The molecule has 0 N–H and O–H groups in total. The highest BCUT2D eigenvalue weighted by molar-refractivity contribution is 7.09. The summed E-state index contributed by atoms with van der Waals surface area (Å²) in [6, 6.07) is 0. The van der Waals surface area contributed by atoms with Gasteiger partial charge in [-0.05, 0) is 38.5 Å². The van der Waals surface area contributed by atoms with Gasteiger partial charge in [0.2, 0.25) is 5.13 Å². The molecule has 0 radical (unpaired) electrons. The Hall–Kier alpha value is -1.50. The first-order chi connectivity index (χ1) is 11.9. The van der Waals surface area contributed by atoms with Crippen molar-refractivity contribution in [1.29, 1.82) is 0 Å². The average Bonchev–Trinajstić information content (AvgIpc) is 3.29. The maximum absolute atomic E-state index is 4.80. The van der Waals surface area contributed by atoms with Gasteiger partial charge in [0.25, 0.3) is 0 Å². The van der Waals surface area contributed by atoms with Gasteiger partial charge in [-0.25, -0.2) is 4.98 Å². The van der Waals surface area contributed by atoms with Crippen LogP contribution < -0.4 is 4.90 Å². The summed E-state index contributed by atoms with van der Waals surface area (Å²) >= 11 is 1.58. The van der Waals surface area contributed by atoms with Gasteiger partial charge in [0.15, 0.2) is 0 Å². The highest BCUT2D eigenvalue weighted by Gasteiger charge is 2.31. The molecule has 0 amide bonds. The van der Waals surface area contributed by atoms with E-state index in [4.69, 9.17) is 4.98 Å². The van der Waals surface area contributed by atoms with Crippen LogP contribution in [-0.4, -0.2) is 37.2 Å². The van der Waals surface area contributed by atoms with E-state index < -0.39 is 0 Å². The van der Waals surface area contributed by atoms with Crippen molar-refractivity contribution >= 4 is 16.7 Å². The van der Waals surface area contributed by atoms with E-state index in [9.17, 15) is 0 Å². The van der Waals surface area contributed by atoms with Crippen LogP contribution in [-0.2, 0) is 13.0 Å². The summed E-state index contributed by atoms with van der Waals surface area (Å²) in [4.78, 5) is 7.23. The zero-order valence-electron chi connectivity index (χ0n) is 14.0. The van der Waals surface area contributed by atoms with E-state index in [-0.39, 0.29) is 0 Å². The Kier molecular flexibility index (Phi) is 3.76. The molecule has 0 aromatic carbocycles. The lowest BCUT2D eigenvalue weighted by Crippen LogP contribution is -2.35. The molecule has 128 valence electrons. The van der Waals surface area contributed by atoms with Gasteiger partial charge < -0.3 is 9.47 Å². The molecule has 3 aliphatic rings. The third-order valence-corrected chi connectivity index (χ3v) is 6.36. The lowest BCUT2D eigenvalue weighted by Gasteiger charge is -2.31. The smallest absolute Gasteiger partial charge is 0.205 e. The largest absolute Gasteiger partial charge is 0.346 e. The summed E-state index contributed by atoms with van der Waals surface area (Å²) in [7, 11) is 0. The van der Waals surface area contributed by atoms with Gasteiger partial charge in [-0.3, -0.25) is 0 Å². The van der Waals surface area contributed by atoms with Crippen LogP contribution in [0.4, 0.5) is 5.13 Å². The van der Waals surface area contributed by atoms with Crippen molar-refractivity contribution in [2.24, 2.45) is 0 Å². The number of aromatic nitrogens is 5. The molecule has 1 atom stereocenters. The summed E-state index contributed by atoms with van der Waals surface area (Å²) in [6.07, 6.45) is 9.86. The van der Waals surface area contributed by atoms with Crippen molar-refractivity contribution in [1.82, 2.24) is 24.1 Å². The van der Waals surface area contributed by atoms with Crippen LogP contribution in [0.2, 0.25) is 0 Å². The van der Waals surface area contributed by atoms with Crippen molar-refractivity contribution in [2.45, 2.75) is 69.7 Å². The third kappa shape index (κ3) is 2.72. The molecule has 5 rings (SSSR count). The van der Waals surface area contributed by atoms with Crippen LogP contribution in [0, 0.1) is 0 Å². The van der Waals surface area contributed by atoms with Crippen LogP contribution >= 0.6 is 11.5 Å². The predicted molar refractivity (Wildman–Crippen MR) is 93.6 cm³/mol. The molecule has 1 saturated heterocycles. The Bertz CT molecular complexity index is 718. The second-order valence-corrected chi connectivity index (χ2v) is 8.16. The Labute approximate surface area is 146 Å². The summed E-state index contributed by atoms with van der Waals surface area (Å²) in [5.74, 6) is 4.61. The Morgan fingerprint density at radius 3 is 2.79 bits per heavy atom. The van der Waals surface area contributed by atoms with Gasteiger partial charge in [-0.15, -0.1) is 10.2 Å². The standard InChI is InChI=1S/C17H24N6S/c1-2-6-14-19-20-16(23(14)10-3-1)13-5-4-9-22(11-13)17-18-15(21-24-17)12-7-8-12/h12-13H,1-11H2/t13-/m0/s1. The number of rotatable bonds is 3. The molecule has 4 heterocycles. The summed E-state index contributed by atoms with van der Waals surface area (Å²) < 4.78 is 6.99. The fourth-order valence-corrected chi connectivity index (χ4v) is 4.81. The Balaban J connectivity index is 1.36. The summed E-state index contributed by atoms with van der Waals surface area (Å²) in [5, 5.41) is 10.2. The van der Waals surface area contributed by atoms with Crippen LogP contribution in [0.3, 0.4) is 0 Å². The molecule has 0 bridgehead atoms. The van der Waals surface area contributed by atoms with Crippen molar-refractivity contribution in [3.8, 4) is 0 Å². The molecular weight excluding hydrogens is 320 g/mol. The van der Waals surface area contributed by atoms with E-state index in [0.29, 0.717) is 11.8 Å². The van der Waals surface area contributed by atoms with Gasteiger partial charge in [-0.2, -0.15) is 4.37 Å². The molecule has 2 aromatic heterocycles. The third-order valence-electron chi connectivity index (χ3n) is 5.57. The van der Waals surface area contributed by atoms with Crippen molar-refractivity contribution in [3.63, 3.8) is 0 Å². The summed E-state index contributed by atoms with van der Waals surface area (Å²) in [5.41, 5.74) is 0. The topological polar surface area (TPSA) is 59.7 Å². The van der Waals surface area contributed by atoms with E-state index in [1.54, 1.807) is 11.5 Å². The molecule has 7 heteroatoms. The molecule has 6 nitrogen and oxygen atoms in total. The molecule has 0 unspecified atom stereocenters. The van der Waals surface area contributed by atoms with E-state index in [1.165, 1.54) is 56.6 Å². The Morgan fingerprint density at radius 1 is 0.917 bits per heavy atom. The second-order valence-electron chi connectivity index (χ2n) is 7.43. The van der Waals surface area contributed by atoms with E-state index in [0.717, 1.165) is 37.0 Å². The van der Waals surface area contributed by atoms with E-state index in [2.05, 4.69) is 24.0 Å². The fraction of sp³-hybridized carbons (Fsp3) is 0.765. The highest BCUT2D eigenvalue weighted by atomic mass is 32.1. The summed E-state index contributed by atoms with van der Waals surface area (Å²) in [6.45, 7) is 3.20. The maximum Gasteiger partial charge on any atom is 0.205 e. The van der Waals surface area contributed by atoms with Gasteiger partial charge >= 0.3 is 0 Å². The van der Waals surface area contributed by atoms with Crippen molar-refractivity contribution < 1.29 is 0 Å². The van der Waals surface area contributed by atoms with Crippen LogP contribution in [0.5, 0.6) is 0 Å². The normalized spacial score (nSPS) is 24.7. The fourth-order valence-electron chi connectivity index (χ4n) is 4.03. The molecule has 1 saturated carbocycles. The first kappa shape index (κ1) is 14.8. The van der Waals surface area contributed by atoms with E-state index in [1.807, 2.05) is 0 Å². The number of fused-ring (bicyclic) bond motifs is 1. The zero-order chi connectivity index (χ0) is 15.9. The molecule has 0 spiro atoms. The van der Waals surface area contributed by atoms with Gasteiger partial charge in [0, 0.05) is 49.4 Å². The molecule has 1 aliphatic carbocycles. The van der Waals surface area contributed by atoms with Gasteiger partial charge in [0.05, 0.1) is 0 Å². The zero-order valence-corrected chi connectivity index (χ0v) is 14.8. The van der Waals surface area contributed by atoms with E-state index >= 15 is 0 Å². The minimum atomic E-state index is 0.478. The molecule has 2 aliphatic heterocycles. The molecule has 24 heavy (non-hydrogen) atoms. The first-order valence-corrected chi connectivity index (χ1v) is 10.2. The number of aryl methyl sites for hydroxylation is 1. The second kappa shape index (κ2) is 6.10. The average molecular weight is 344 g/mol. The quantitative estimate of drug-likeness (QED) is 0.856. The Morgan fingerprint density at radius 2 is 1.88 bits per heavy atom. The lowest BCUT2D eigenvalue weighted by molar-refractivity contribution is 0.465. The maximum atomic E-state index is 4.80. The molecular formula is C17H24N6S. The predicted octanol–water partition coefficient (Wildman–Crippen LogP) is 3.12. The SMILES string of the molecule is C1CCc2nnc([C@H]3CCCN(c4nc(C5CC5)ns4)C3)n2CC1.